The number of hydrogen-bond donors (Lipinski definition) is 0. The molecule has 2 heterocycles. The third kappa shape index (κ3) is 1.47. The van der Waals surface area contributed by atoms with Gasteiger partial charge in [0.25, 0.3) is 0 Å². The molecule has 0 unspecified atom stereocenters. The van der Waals surface area contributed by atoms with Crippen molar-refractivity contribution in [1.29, 1.82) is 0 Å². The van der Waals surface area contributed by atoms with Crippen LogP contribution >= 0.6 is 22.6 Å². The second-order valence-corrected chi connectivity index (χ2v) is 3.79. The molecule has 0 fully saturated rings. The van der Waals surface area contributed by atoms with Crippen molar-refractivity contribution in [3.8, 4) is 0 Å². The Morgan fingerprint density at radius 3 is 2.64 bits per heavy atom. The van der Waals surface area contributed by atoms with Crippen molar-refractivity contribution in [3.05, 3.63) is 33.8 Å². The van der Waals surface area contributed by atoms with Gasteiger partial charge in [-0.3, -0.25) is 4.40 Å². The Morgan fingerprint density at radius 2 is 2.00 bits per heavy atom. The molecule has 2 rings (SSSR count). The highest BCUT2D eigenvalue weighted by atomic mass is 127. The number of imidazole rings is 1. The van der Waals surface area contributed by atoms with Gasteiger partial charge in [-0.05, 0) is 34.7 Å². The molecule has 14 heavy (non-hydrogen) atoms. The number of nitrogens with zero attached hydrogens (tertiary/aromatic N) is 2. The third-order valence-corrected chi connectivity index (χ3v) is 2.54. The number of halogens is 4. The minimum atomic E-state index is -4.35. The van der Waals surface area contributed by atoms with Gasteiger partial charge >= 0.3 is 6.18 Å². The van der Waals surface area contributed by atoms with Gasteiger partial charge in [-0.15, -0.1) is 0 Å². The van der Waals surface area contributed by atoms with Crippen LogP contribution in [0.25, 0.3) is 5.65 Å². The predicted octanol–water partition coefficient (Wildman–Crippen LogP) is 2.96. The van der Waals surface area contributed by atoms with Gasteiger partial charge in [-0.1, -0.05) is 6.07 Å². The summed E-state index contributed by atoms with van der Waals surface area (Å²) in [4.78, 5) is 3.85. The Labute approximate surface area is 90.9 Å². The molecular weight excluding hydrogens is 308 g/mol. The fourth-order valence-corrected chi connectivity index (χ4v) is 1.87. The van der Waals surface area contributed by atoms with Crippen molar-refractivity contribution < 1.29 is 13.2 Å². The van der Waals surface area contributed by atoms with Crippen LogP contribution in [0.15, 0.2) is 24.4 Å². The van der Waals surface area contributed by atoms with Crippen LogP contribution in [0, 0.1) is 3.70 Å². The largest absolute Gasteiger partial charge is 0.431 e. The molecule has 0 bridgehead atoms. The summed E-state index contributed by atoms with van der Waals surface area (Å²) in [5, 5.41) is 0. The SMILES string of the molecule is FC(F)(F)c1cccc2ncc(I)n12. The lowest BCUT2D eigenvalue weighted by atomic mass is 10.3. The summed E-state index contributed by atoms with van der Waals surface area (Å²) in [6, 6.07) is 3.93. The first-order valence-electron chi connectivity index (χ1n) is 3.69. The first-order chi connectivity index (χ1) is 6.50. The maximum absolute atomic E-state index is 12.5. The van der Waals surface area contributed by atoms with Crippen molar-refractivity contribution in [3.63, 3.8) is 0 Å². The second kappa shape index (κ2) is 3.11. The Morgan fingerprint density at radius 1 is 1.29 bits per heavy atom. The van der Waals surface area contributed by atoms with E-state index in [1.54, 1.807) is 0 Å². The minimum absolute atomic E-state index is 0.309. The highest BCUT2D eigenvalue weighted by Gasteiger charge is 2.33. The zero-order valence-corrected chi connectivity index (χ0v) is 8.87. The number of rotatable bonds is 0. The van der Waals surface area contributed by atoms with E-state index in [0.717, 1.165) is 10.5 Å². The zero-order chi connectivity index (χ0) is 10.3. The van der Waals surface area contributed by atoms with E-state index < -0.39 is 11.9 Å². The van der Waals surface area contributed by atoms with E-state index in [4.69, 9.17) is 0 Å². The van der Waals surface area contributed by atoms with Gasteiger partial charge in [0.05, 0.1) is 6.20 Å². The molecule has 2 nitrogen and oxygen atoms in total. The minimum Gasteiger partial charge on any atom is -0.283 e. The summed E-state index contributed by atoms with van der Waals surface area (Å²) in [6.45, 7) is 0. The molecule has 0 aliphatic rings. The summed E-state index contributed by atoms with van der Waals surface area (Å²) >= 11 is 1.82. The molecule has 0 atom stereocenters. The van der Waals surface area contributed by atoms with Crippen molar-refractivity contribution in [2.24, 2.45) is 0 Å². The molecule has 0 aliphatic heterocycles. The van der Waals surface area contributed by atoms with Crippen molar-refractivity contribution >= 4 is 28.2 Å². The van der Waals surface area contributed by atoms with Crippen LogP contribution in [-0.4, -0.2) is 9.38 Å². The Kier molecular flexibility index (Phi) is 2.17. The Hall–Kier alpha value is -0.790. The molecule has 0 spiro atoms. The van der Waals surface area contributed by atoms with Crippen molar-refractivity contribution in [2.45, 2.75) is 6.18 Å². The maximum atomic E-state index is 12.5. The summed E-state index contributed by atoms with van der Waals surface area (Å²) in [5.74, 6) is 0. The first-order valence-corrected chi connectivity index (χ1v) is 4.77. The third-order valence-electron chi connectivity index (χ3n) is 1.78. The molecule has 0 radical (unpaired) electrons. The van der Waals surface area contributed by atoms with Gasteiger partial charge in [0.2, 0.25) is 0 Å². The quantitative estimate of drug-likeness (QED) is 0.684. The highest BCUT2D eigenvalue weighted by molar-refractivity contribution is 14.1. The van der Waals surface area contributed by atoms with Crippen molar-refractivity contribution in [1.82, 2.24) is 9.38 Å². The predicted molar refractivity (Wildman–Crippen MR) is 52.9 cm³/mol. The molecule has 2 aromatic rings. The smallest absolute Gasteiger partial charge is 0.283 e. The number of alkyl halides is 3. The summed E-state index contributed by atoms with van der Waals surface area (Å²) < 4.78 is 39.1. The molecule has 0 saturated heterocycles. The van der Waals surface area contributed by atoms with E-state index in [-0.39, 0.29) is 0 Å². The number of hydrogen-bond acceptors (Lipinski definition) is 1. The molecule has 6 heteroatoms. The summed E-state index contributed by atoms with van der Waals surface area (Å²) in [5.41, 5.74) is -0.388. The average molecular weight is 312 g/mol. The lowest BCUT2D eigenvalue weighted by molar-refractivity contribution is -0.142. The second-order valence-electron chi connectivity index (χ2n) is 2.68. The number of pyridine rings is 1. The van der Waals surface area contributed by atoms with Crippen molar-refractivity contribution in [2.75, 3.05) is 0 Å². The molecule has 0 saturated carbocycles. The molecule has 0 N–H and O–H groups in total. The van der Waals surface area contributed by atoms with Crippen LogP contribution < -0.4 is 0 Å². The lowest BCUT2D eigenvalue weighted by Gasteiger charge is -2.09. The van der Waals surface area contributed by atoms with E-state index in [1.165, 1.54) is 18.3 Å². The standard InChI is InChI=1S/C8H4F3IN2/c9-8(10,11)5-2-1-3-7-13-4-6(12)14(5)7/h1-4H. The van der Waals surface area contributed by atoms with E-state index in [2.05, 4.69) is 4.98 Å². The van der Waals surface area contributed by atoms with Gasteiger partial charge in [-0.2, -0.15) is 13.2 Å². The fourth-order valence-electron chi connectivity index (χ4n) is 1.22. The summed E-state index contributed by atoms with van der Waals surface area (Å²) in [7, 11) is 0. The topological polar surface area (TPSA) is 17.3 Å². The van der Waals surface area contributed by atoms with Crippen LogP contribution in [0.5, 0.6) is 0 Å². The fraction of sp³-hybridized carbons (Fsp3) is 0.125. The molecule has 0 aliphatic carbocycles. The van der Waals surface area contributed by atoms with Crippen LogP contribution in [0.1, 0.15) is 5.69 Å². The van der Waals surface area contributed by atoms with Gasteiger partial charge in [0.1, 0.15) is 15.0 Å². The summed E-state index contributed by atoms with van der Waals surface area (Å²) in [6.07, 6.45) is -2.94. The maximum Gasteiger partial charge on any atom is 0.431 e. The average Bonchev–Trinajstić information content (AvgIpc) is 2.46. The number of aromatic nitrogens is 2. The zero-order valence-electron chi connectivity index (χ0n) is 6.72. The monoisotopic (exact) mass is 312 g/mol. The van der Waals surface area contributed by atoms with Gasteiger partial charge in [0.15, 0.2) is 0 Å². The molecule has 0 aromatic carbocycles. The van der Waals surface area contributed by atoms with Gasteiger partial charge < -0.3 is 0 Å². The first kappa shape index (κ1) is 9.75. The molecule has 0 amide bonds. The van der Waals surface area contributed by atoms with E-state index >= 15 is 0 Å². The Balaban J connectivity index is 2.82. The normalized spacial score (nSPS) is 12.3. The van der Waals surface area contributed by atoms with Gasteiger partial charge in [-0.25, -0.2) is 4.98 Å². The molecular formula is C8H4F3IN2. The van der Waals surface area contributed by atoms with Crippen LogP contribution in [-0.2, 0) is 6.18 Å². The van der Waals surface area contributed by atoms with Crippen LogP contribution in [0.2, 0.25) is 0 Å². The highest BCUT2D eigenvalue weighted by Crippen LogP contribution is 2.30. The van der Waals surface area contributed by atoms with E-state index in [9.17, 15) is 13.2 Å². The van der Waals surface area contributed by atoms with Crippen LogP contribution in [0.3, 0.4) is 0 Å². The number of fused-ring (bicyclic) bond motifs is 1. The van der Waals surface area contributed by atoms with E-state index in [1.807, 2.05) is 22.6 Å². The molecule has 74 valence electrons. The Bertz CT molecular complexity index is 475. The van der Waals surface area contributed by atoms with Crippen LogP contribution in [0.4, 0.5) is 13.2 Å². The molecule has 2 aromatic heterocycles. The van der Waals surface area contributed by atoms with E-state index in [0.29, 0.717) is 9.35 Å². The lowest BCUT2D eigenvalue weighted by Crippen LogP contribution is -2.11. The van der Waals surface area contributed by atoms with Gasteiger partial charge in [0, 0.05) is 0 Å².